The van der Waals surface area contributed by atoms with Gasteiger partial charge in [-0.15, -0.1) is 0 Å². The summed E-state index contributed by atoms with van der Waals surface area (Å²) in [6.07, 6.45) is 5.34. The second-order valence-electron chi connectivity index (χ2n) is 7.75. The molecular formula is C20H25BrN2O3. The molecule has 6 heteroatoms. The third-order valence-corrected chi connectivity index (χ3v) is 6.80. The summed E-state index contributed by atoms with van der Waals surface area (Å²) in [7, 11) is 0. The molecular weight excluding hydrogens is 396 g/mol. The quantitative estimate of drug-likeness (QED) is 0.816. The topological polar surface area (TPSA) is 60.9 Å². The van der Waals surface area contributed by atoms with Crippen LogP contribution >= 0.6 is 15.9 Å². The first-order valence-corrected chi connectivity index (χ1v) is 10.4. The SMILES string of the molecule is O=C(C1CCCCC1)N1CC(=O)N2[C@H](C1)[C@H](c1ccc(Br)cc1)[C@@H]2CO. The van der Waals surface area contributed by atoms with Gasteiger partial charge in [-0.1, -0.05) is 47.3 Å². The van der Waals surface area contributed by atoms with Gasteiger partial charge < -0.3 is 14.9 Å². The van der Waals surface area contributed by atoms with Crippen molar-refractivity contribution >= 4 is 27.7 Å². The fraction of sp³-hybridized carbons (Fsp3) is 0.600. The zero-order chi connectivity index (χ0) is 18.3. The Balaban J connectivity index is 1.53. The standard InChI is InChI=1S/C20H25BrN2O3/c21-15-8-6-13(7-9-15)19-16-10-22(11-18(25)23(16)17(19)12-24)20(26)14-4-2-1-3-5-14/h6-9,14,16-17,19,24H,1-5,10-12H2/t16-,17+,19+/m1/s1. The van der Waals surface area contributed by atoms with Gasteiger partial charge in [0.15, 0.2) is 0 Å². The van der Waals surface area contributed by atoms with Gasteiger partial charge in [0.2, 0.25) is 11.8 Å². The molecule has 0 unspecified atom stereocenters. The van der Waals surface area contributed by atoms with Gasteiger partial charge in [0, 0.05) is 22.9 Å². The predicted octanol–water partition coefficient (Wildman–Crippen LogP) is 2.53. The largest absolute Gasteiger partial charge is 0.394 e. The lowest BCUT2D eigenvalue weighted by molar-refractivity contribution is -0.168. The number of hydrogen-bond acceptors (Lipinski definition) is 3. The van der Waals surface area contributed by atoms with Crippen LogP contribution in [0.3, 0.4) is 0 Å². The molecule has 1 aromatic carbocycles. The Bertz CT molecular complexity index is 687. The van der Waals surface area contributed by atoms with Gasteiger partial charge in [0.25, 0.3) is 0 Å². The number of aliphatic hydroxyl groups is 1. The number of benzene rings is 1. The highest BCUT2D eigenvalue weighted by Crippen LogP contribution is 2.43. The minimum absolute atomic E-state index is 0.0258. The Labute approximate surface area is 162 Å². The molecule has 0 spiro atoms. The van der Waals surface area contributed by atoms with Crippen LogP contribution in [0.2, 0.25) is 0 Å². The van der Waals surface area contributed by atoms with Crippen LogP contribution in [0.25, 0.3) is 0 Å². The summed E-state index contributed by atoms with van der Waals surface area (Å²) in [6, 6.07) is 7.86. The number of carbonyl (C=O) groups is 2. The number of rotatable bonds is 3. The maximum atomic E-state index is 12.9. The molecule has 4 rings (SSSR count). The monoisotopic (exact) mass is 420 g/mol. The number of aliphatic hydroxyl groups excluding tert-OH is 1. The average Bonchev–Trinajstić information content (AvgIpc) is 2.65. The number of piperazine rings is 1. The average molecular weight is 421 g/mol. The van der Waals surface area contributed by atoms with E-state index in [0.29, 0.717) is 6.54 Å². The smallest absolute Gasteiger partial charge is 0.242 e. The fourth-order valence-corrected chi connectivity index (χ4v) is 5.22. The van der Waals surface area contributed by atoms with Crippen LogP contribution in [0.15, 0.2) is 28.7 Å². The first kappa shape index (κ1) is 18.0. The highest BCUT2D eigenvalue weighted by Gasteiger charge is 2.54. The lowest BCUT2D eigenvalue weighted by Gasteiger charge is -2.59. The van der Waals surface area contributed by atoms with Crippen LogP contribution in [0.4, 0.5) is 0 Å². The summed E-state index contributed by atoms with van der Waals surface area (Å²) >= 11 is 3.45. The molecule has 140 valence electrons. The zero-order valence-corrected chi connectivity index (χ0v) is 16.4. The minimum atomic E-state index is -0.180. The van der Waals surface area contributed by atoms with Gasteiger partial charge in [0.1, 0.15) is 0 Å². The van der Waals surface area contributed by atoms with E-state index in [2.05, 4.69) is 15.9 Å². The molecule has 2 aliphatic heterocycles. The van der Waals surface area contributed by atoms with Gasteiger partial charge in [-0.3, -0.25) is 9.59 Å². The van der Waals surface area contributed by atoms with Crippen LogP contribution in [-0.4, -0.2) is 58.5 Å². The van der Waals surface area contributed by atoms with Crippen LogP contribution in [-0.2, 0) is 9.59 Å². The number of carbonyl (C=O) groups excluding carboxylic acids is 2. The Morgan fingerprint density at radius 1 is 1.15 bits per heavy atom. The van der Waals surface area contributed by atoms with Crippen LogP contribution in [0.5, 0.6) is 0 Å². The lowest BCUT2D eigenvalue weighted by Crippen LogP contribution is -2.73. The van der Waals surface area contributed by atoms with Crippen LogP contribution in [0.1, 0.15) is 43.6 Å². The molecule has 26 heavy (non-hydrogen) atoms. The van der Waals surface area contributed by atoms with Crippen molar-refractivity contribution < 1.29 is 14.7 Å². The number of fused-ring (bicyclic) bond motifs is 1. The first-order valence-electron chi connectivity index (χ1n) is 9.56. The zero-order valence-electron chi connectivity index (χ0n) is 14.8. The number of halogens is 1. The molecule has 2 amide bonds. The van der Waals surface area contributed by atoms with Crippen molar-refractivity contribution in [2.45, 2.75) is 50.1 Å². The molecule has 3 atom stereocenters. The maximum absolute atomic E-state index is 12.9. The van der Waals surface area contributed by atoms with Crippen molar-refractivity contribution in [2.24, 2.45) is 5.92 Å². The van der Waals surface area contributed by atoms with Gasteiger partial charge in [-0.2, -0.15) is 0 Å². The molecule has 3 aliphatic rings. The summed E-state index contributed by atoms with van der Waals surface area (Å²) in [6.45, 7) is 0.702. The van der Waals surface area contributed by atoms with Crippen LogP contribution in [0, 0.1) is 5.92 Å². The van der Waals surface area contributed by atoms with Crippen molar-refractivity contribution in [3.05, 3.63) is 34.3 Å². The molecule has 1 aromatic rings. The fourth-order valence-electron chi connectivity index (χ4n) is 4.96. The highest BCUT2D eigenvalue weighted by atomic mass is 79.9. The minimum Gasteiger partial charge on any atom is -0.394 e. The first-order chi connectivity index (χ1) is 12.6. The summed E-state index contributed by atoms with van der Waals surface area (Å²) in [4.78, 5) is 29.2. The van der Waals surface area contributed by atoms with Gasteiger partial charge in [-0.05, 0) is 30.5 Å². The van der Waals surface area contributed by atoms with E-state index in [1.165, 1.54) is 6.42 Å². The Kier molecular flexibility index (Phi) is 5.06. The Hall–Kier alpha value is -1.40. The van der Waals surface area contributed by atoms with E-state index in [1.807, 2.05) is 24.3 Å². The Morgan fingerprint density at radius 3 is 2.50 bits per heavy atom. The van der Waals surface area contributed by atoms with E-state index in [9.17, 15) is 14.7 Å². The van der Waals surface area contributed by atoms with E-state index in [1.54, 1.807) is 9.80 Å². The molecule has 1 aliphatic carbocycles. The van der Waals surface area contributed by atoms with E-state index >= 15 is 0 Å². The number of amides is 2. The molecule has 0 radical (unpaired) electrons. The molecule has 1 saturated carbocycles. The molecule has 2 saturated heterocycles. The van der Waals surface area contributed by atoms with Crippen molar-refractivity contribution in [1.29, 1.82) is 0 Å². The van der Waals surface area contributed by atoms with Crippen molar-refractivity contribution in [2.75, 3.05) is 19.7 Å². The normalized spacial score (nSPS) is 29.3. The van der Waals surface area contributed by atoms with Gasteiger partial charge in [0.05, 0.1) is 25.2 Å². The number of hydrogen-bond donors (Lipinski definition) is 1. The van der Waals surface area contributed by atoms with E-state index in [-0.39, 0.29) is 48.9 Å². The molecule has 2 heterocycles. The van der Waals surface area contributed by atoms with Crippen molar-refractivity contribution in [3.8, 4) is 0 Å². The second-order valence-corrected chi connectivity index (χ2v) is 8.66. The Morgan fingerprint density at radius 2 is 1.85 bits per heavy atom. The molecule has 0 aromatic heterocycles. The lowest BCUT2D eigenvalue weighted by atomic mass is 9.73. The predicted molar refractivity (Wildman–Crippen MR) is 102 cm³/mol. The third-order valence-electron chi connectivity index (χ3n) is 6.27. The summed E-state index contributed by atoms with van der Waals surface area (Å²) in [5.74, 6) is 0.291. The number of nitrogens with zero attached hydrogens (tertiary/aromatic N) is 2. The molecule has 5 nitrogen and oxygen atoms in total. The highest BCUT2D eigenvalue weighted by molar-refractivity contribution is 9.10. The molecule has 0 bridgehead atoms. The summed E-state index contributed by atoms with van der Waals surface area (Å²) in [5.41, 5.74) is 1.12. The second kappa shape index (κ2) is 7.31. The maximum Gasteiger partial charge on any atom is 0.242 e. The van der Waals surface area contributed by atoms with E-state index in [4.69, 9.17) is 0 Å². The van der Waals surface area contributed by atoms with Gasteiger partial charge >= 0.3 is 0 Å². The molecule has 3 fully saturated rings. The van der Waals surface area contributed by atoms with Crippen LogP contribution < -0.4 is 0 Å². The summed E-state index contributed by atoms with van der Waals surface area (Å²) < 4.78 is 1.01. The van der Waals surface area contributed by atoms with Gasteiger partial charge in [-0.25, -0.2) is 0 Å². The van der Waals surface area contributed by atoms with Crippen molar-refractivity contribution in [1.82, 2.24) is 9.80 Å². The third kappa shape index (κ3) is 3.07. The van der Waals surface area contributed by atoms with Crippen molar-refractivity contribution in [3.63, 3.8) is 0 Å². The van der Waals surface area contributed by atoms with E-state index in [0.717, 1.165) is 35.7 Å². The molecule has 1 N–H and O–H groups in total. The van der Waals surface area contributed by atoms with E-state index < -0.39 is 0 Å². The summed E-state index contributed by atoms with van der Waals surface area (Å²) in [5, 5.41) is 9.82.